The zero-order valence-electron chi connectivity index (χ0n) is 11.5. The van der Waals surface area contributed by atoms with Crippen LogP contribution in [0.1, 0.15) is 5.69 Å². The fraction of sp³-hybridized carbons (Fsp3) is 0.118. The lowest BCUT2D eigenvalue weighted by molar-refractivity contribution is 0.408. The molecule has 0 fully saturated rings. The van der Waals surface area contributed by atoms with Gasteiger partial charge in [-0.15, -0.1) is 11.6 Å². The number of rotatable bonds is 4. The Hall–Kier alpha value is -2.26. The van der Waals surface area contributed by atoms with Gasteiger partial charge in [0.2, 0.25) is 5.88 Å². The summed E-state index contributed by atoms with van der Waals surface area (Å²) in [6.07, 6.45) is 0. The topological polar surface area (TPSA) is 31.4 Å². The van der Waals surface area contributed by atoms with Crippen molar-refractivity contribution in [2.75, 3.05) is 7.11 Å². The van der Waals surface area contributed by atoms with Gasteiger partial charge in [-0.25, -0.2) is 4.98 Å². The van der Waals surface area contributed by atoms with Gasteiger partial charge in [0.1, 0.15) is 11.5 Å². The Morgan fingerprint density at radius 1 is 1.00 bits per heavy atom. The minimum atomic E-state index is 0.347. The molecule has 2 aromatic carbocycles. The van der Waals surface area contributed by atoms with Crippen LogP contribution in [0.2, 0.25) is 0 Å². The van der Waals surface area contributed by atoms with Gasteiger partial charge in [0.05, 0.1) is 18.7 Å². The predicted octanol–water partition coefficient (Wildman–Crippen LogP) is 4.77. The molecule has 21 heavy (non-hydrogen) atoms. The van der Waals surface area contributed by atoms with Crippen molar-refractivity contribution in [1.29, 1.82) is 0 Å². The zero-order valence-corrected chi connectivity index (χ0v) is 12.3. The van der Waals surface area contributed by atoms with E-state index in [2.05, 4.69) is 4.98 Å². The third-order valence-corrected chi connectivity index (χ3v) is 3.42. The molecular weight excluding hydrogens is 286 g/mol. The van der Waals surface area contributed by atoms with Gasteiger partial charge in [0.25, 0.3) is 0 Å². The van der Waals surface area contributed by atoms with Gasteiger partial charge in [-0.3, -0.25) is 0 Å². The summed E-state index contributed by atoms with van der Waals surface area (Å²) in [7, 11) is 1.63. The first-order valence-electron chi connectivity index (χ1n) is 6.56. The number of alkyl halides is 1. The number of methoxy groups -OCH3 is 1. The van der Waals surface area contributed by atoms with Gasteiger partial charge >= 0.3 is 0 Å². The molecule has 106 valence electrons. The maximum Gasteiger partial charge on any atom is 0.227 e. The number of pyridine rings is 1. The van der Waals surface area contributed by atoms with Gasteiger partial charge in [-0.05, 0) is 29.7 Å². The Morgan fingerprint density at radius 3 is 2.62 bits per heavy atom. The number of halogens is 1. The molecule has 0 bridgehead atoms. The summed E-state index contributed by atoms with van der Waals surface area (Å²) >= 11 is 5.91. The highest BCUT2D eigenvalue weighted by Crippen LogP contribution is 2.30. The van der Waals surface area contributed by atoms with Crippen molar-refractivity contribution in [3.63, 3.8) is 0 Å². The molecule has 0 N–H and O–H groups in total. The number of hydrogen-bond donors (Lipinski definition) is 0. The van der Waals surface area contributed by atoms with E-state index in [1.807, 2.05) is 54.6 Å². The number of benzene rings is 2. The van der Waals surface area contributed by atoms with E-state index in [0.29, 0.717) is 17.5 Å². The van der Waals surface area contributed by atoms with E-state index in [-0.39, 0.29) is 0 Å². The summed E-state index contributed by atoms with van der Waals surface area (Å²) in [5.41, 5.74) is 0.785. The second-order valence-electron chi connectivity index (χ2n) is 4.55. The van der Waals surface area contributed by atoms with E-state index in [1.54, 1.807) is 7.11 Å². The maximum absolute atomic E-state index is 5.93. The van der Waals surface area contributed by atoms with Crippen molar-refractivity contribution in [3.05, 3.63) is 60.3 Å². The van der Waals surface area contributed by atoms with Crippen LogP contribution in [0.3, 0.4) is 0 Å². The summed E-state index contributed by atoms with van der Waals surface area (Å²) in [5.74, 6) is 2.32. The molecule has 3 aromatic rings. The molecule has 0 aliphatic rings. The van der Waals surface area contributed by atoms with Crippen LogP contribution in [0.5, 0.6) is 17.4 Å². The first-order chi connectivity index (χ1) is 10.3. The lowest BCUT2D eigenvalue weighted by Gasteiger charge is -2.10. The molecule has 0 saturated heterocycles. The molecule has 0 amide bonds. The molecule has 0 radical (unpaired) electrons. The molecule has 0 aliphatic carbocycles. The second-order valence-corrected chi connectivity index (χ2v) is 4.82. The van der Waals surface area contributed by atoms with Crippen LogP contribution in [0.15, 0.2) is 54.6 Å². The van der Waals surface area contributed by atoms with Crippen molar-refractivity contribution in [2.45, 2.75) is 5.88 Å². The van der Waals surface area contributed by atoms with Gasteiger partial charge < -0.3 is 9.47 Å². The normalized spacial score (nSPS) is 10.6. The Labute approximate surface area is 128 Å². The molecule has 0 unspecified atom stereocenters. The Bertz CT molecular complexity index is 774. The number of hydrogen-bond acceptors (Lipinski definition) is 3. The van der Waals surface area contributed by atoms with Crippen molar-refractivity contribution >= 4 is 22.4 Å². The van der Waals surface area contributed by atoms with Crippen molar-refractivity contribution in [3.8, 4) is 17.4 Å². The van der Waals surface area contributed by atoms with Crippen LogP contribution < -0.4 is 9.47 Å². The number of nitrogens with zero attached hydrogens (tertiary/aromatic N) is 1. The molecule has 0 atom stereocenters. The molecule has 0 saturated carbocycles. The van der Waals surface area contributed by atoms with Crippen LogP contribution in [-0.2, 0) is 5.88 Å². The first-order valence-corrected chi connectivity index (χ1v) is 7.10. The SMILES string of the molecule is COc1cccc(Oc2nc(CCl)cc3ccccc23)c1. The van der Waals surface area contributed by atoms with E-state index in [1.165, 1.54) is 0 Å². The third kappa shape index (κ3) is 2.93. The quantitative estimate of drug-likeness (QED) is 0.650. The molecule has 3 rings (SSSR count). The minimum Gasteiger partial charge on any atom is -0.497 e. The van der Waals surface area contributed by atoms with E-state index >= 15 is 0 Å². The van der Waals surface area contributed by atoms with Crippen LogP contribution >= 0.6 is 11.6 Å². The maximum atomic E-state index is 5.93. The molecule has 1 heterocycles. The number of fused-ring (bicyclic) bond motifs is 1. The van der Waals surface area contributed by atoms with Crippen molar-refractivity contribution in [2.24, 2.45) is 0 Å². The molecule has 0 spiro atoms. The predicted molar refractivity (Wildman–Crippen MR) is 84.4 cm³/mol. The summed E-state index contributed by atoms with van der Waals surface area (Å²) in [5, 5.41) is 2.01. The summed E-state index contributed by atoms with van der Waals surface area (Å²) < 4.78 is 11.1. The third-order valence-electron chi connectivity index (χ3n) is 3.15. The Kier molecular flexibility index (Phi) is 3.93. The molecule has 0 aliphatic heterocycles. The van der Waals surface area contributed by atoms with Gasteiger partial charge in [0.15, 0.2) is 0 Å². The van der Waals surface area contributed by atoms with Gasteiger partial charge in [0, 0.05) is 11.5 Å². The highest BCUT2D eigenvalue weighted by Gasteiger charge is 2.08. The first kappa shape index (κ1) is 13.7. The molecular formula is C17H14ClNO2. The lowest BCUT2D eigenvalue weighted by Crippen LogP contribution is -1.94. The summed E-state index contributed by atoms with van der Waals surface area (Å²) in [4.78, 5) is 4.48. The smallest absolute Gasteiger partial charge is 0.227 e. The largest absolute Gasteiger partial charge is 0.497 e. The molecule has 3 nitrogen and oxygen atoms in total. The molecule has 1 aromatic heterocycles. The van der Waals surface area contributed by atoms with Crippen LogP contribution in [-0.4, -0.2) is 12.1 Å². The van der Waals surface area contributed by atoms with Gasteiger partial charge in [-0.1, -0.05) is 24.3 Å². The van der Waals surface area contributed by atoms with Gasteiger partial charge in [-0.2, -0.15) is 0 Å². The Morgan fingerprint density at radius 2 is 1.81 bits per heavy atom. The van der Waals surface area contributed by atoms with Crippen LogP contribution in [0.4, 0.5) is 0 Å². The zero-order chi connectivity index (χ0) is 14.7. The Balaban J connectivity index is 2.06. The van der Waals surface area contributed by atoms with E-state index in [4.69, 9.17) is 21.1 Å². The molecule has 4 heteroatoms. The van der Waals surface area contributed by atoms with E-state index in [9.17, 15) is 0 Å². The average molecular weight is 300 g/mol. The lowest BCUT2D eigenvalue weighted by atomic mass is 10.1. The summed E-state index contributed by atoms with van der Waals surface area (Å²) in [6, 6.07) is 17.4. The fourth-order valence-electron chi connectivity index (χ4n) is 2.14. The number of aromatic nitrogens is 1. The van der Waals surface area contributed by atoms with Crippen LogP contribution in [0.25, 0.3) is 10.8 Å². The number of ether oxygens (including phenoxy) is 2. The van der Waals surface area contributed by atoms with E-state index < -0.39 is 0 Å². The highest BCUT2D eigenvalue weighted by atomic mass is 35.5. The monoisotopic (exact) mass is 299 g/mol. The summed E-state index contributed by atoms with van der Waals surface area (Å²) in [6.45, 7) is 0. The van der Waals surface area contributed by atoms with Crippen molar-refractivity contribution < 1.29 is 9.47 Å². The minimum absolute atomic E-state index is 0.347. The van der Waals surface area contributed by atoms with E-state index in [0.717, 1.165) is 22.2 Å². The standard InChI is InChI=1S/C17H14ClNO2/c1-20-14-6-4-7-15(10-14)21-17-16-8-3-2-5-12(16)9-13(11-18)19-17/h2-10H,11H2,1H3. The average Bonchev–Trinajstić information content (AvgIpc) is 2.55. The second kappa shape index (κ2) is 6.02. The van der Waals surface area contributed by atoms with Crippen LogP contribution in [0, 0.1) is 0 Å². The van der Waals surface area contributed by atoms with Crippen molar-refractivity contribution in [1.82, 2.24) is 4.98 Å². The fourth-order valence-corrected chi connectivity index (χ4v) is 2.28. The highest BCUT2D eigenvalue weighted by molar-refractivity contribution is 6.17.